The molecule has 1 aromatic carbocycles. The smallest absolute Gasteiger partial charge is 0.269 e. The number of hydrogen-bond donors (Lipinski definition) is 1. The summed E-state index contributed by atoms with van der Waals surface area (Å²) in [5, 5.41) is 13.9. The zero-order valence-corrected chi connectivity index (χ0v) is 10.5. The van der Waals surface area contributed by atoms with E-state index in [-0.39, 0.29) is 11.8 Å². The highest BCUT2D eigenvalue weighted by Crippen LogP contribution is 2.27. The SMILES string of the molecule is CCCNC1CC(Oc2ccc([N+](=O)[O-])cc2)C1. The van der Waals surface area contributed by atoms with Gasteiger partial charge in [-0.15, -0.1) is 0 Å². The van der Waals surface area contributed by atoms with Crippen molar-refractivity contribution in [3.05, 3.63) is 34.4 Å². The number of nitrogens with zero attached hydrogens (tertiary/aromatic N) is 1. The van der Waals surface area contributed by atoms with Crippen molar-refractivity contribution < 1.29 is 9.66 Å². The highest BCUT2D eigenvalue weighted by Gasteiger charge is 2.30. The van der Waals surface area contributed by atoms with Gasteiger partial charge in [-0.2, -0.15) is 0 Å². The van der Waals surface area contributed by atoms with E-state index in [1.807, 2.05) is 0 Å². The summed E-state index contributed by atoms with van der Waals surface area (Å²) in [4.78, 5) is 10.1. The third-order valence-corrected chi connectivity index (χ3v) is 3.13. The summed E-state index contributed by atoms with van der Waals surface area (Å²) in [5.41, 5.74) is 0.0958. The highest BCUT2D eigenvalue weighted by molar-refractivity contribution is 5.36. The monoisotopic (exact) mass is 250 g/mol. The van der Waals surface area contributed by atoms with Crippen molar-refractivity contribution in [2.45, 2.75) is 38.3 Å². The standard InChI is InChI=1S/C13H18N2O3/c1-2-7-14-10-8-13(9-10)18-12-5-3-11(4-6-12)15(16)17/h3-6,10,13-14H,2,7-9H2,1H3. The topological polar surface area (TPSA) is 64.4 Å². The predicted molar refractivity (Wildman–Crippen MR) is 68.8 cm³/mol. The van der Waals surface area contributed by atoms with Gasteiger partial charge in [0, 0.05) is 18.2 Å². The third kappa shape index (κ3) is 3.20. The maximum atomic E-state index is 10.5. The van der Waals surface area contributed by atoms with E-state index < -0.39 is 4.92 Å². The maximum Gasteiger partial charge on any atom is 0.269 e. The summed E-state index contributed by atoms with van der Waals surface area (Å²) in [7, 11) is 0. The van der Waals surface area contributed by atoms with Crippen molar-refractivity contribution >= 4 is 5.69 Å². The summed E-state index contributed by atoms with van der Waals surface area (Å²) < 4.78 is 5.73. The quantitative estimate of drug-likeness (QED) is 0.622. The molecule has 0 amide bonds. The molecular weight excluding hydrogens is 232 g/mol. The van der Waals surface area contributed by atoms with Gasteiger partial charge in [0.1, 0.15) is 11.9 Å². The molecule has 1 saturated carbocycles. The molecule has 18 heavy (non-hydrogen) atoms. The number of rotatable bonds is 6. The Labute approximate surface area is 106 Å². The zero-order valence-electron chi connectivity index (χ0n) is 10.5. The first-order chi connectivity index (χ1) is 8.69. The number of benzene rings is 1. The van der Waals surface area contributed by atoms with Gasteiger partial charge in [-0.05, 0) is 37.9 Å². The third-order valence-electron chi connectivity index (χ3n) is 3.13. The summed E-state index contributed by atoms with van der Waals surface area (Å²) in [6, 6.07) is 6.82. The molecule has 1 fully saturated rings. The molecule has 1 N–H and O–H groups in total. The molecule has 2 rings (SSSR count). The number of nitro benzene ring substituents is 1. The maximum absolute atomic E-state index is 10.5. The Hall–Kier alpha value is -1.62. The molecular formula is C13H18N2O3. The largest absolute Gasteiger partial charge is 0.490 e. The van der Waals surface area contributed by atoms with Gasteiger partial charge in [-0.25, -0.2) is 0 Å². The van der Waals surface area contributed by atoms with E-state index in [1.165, 1.54) is 12.1 Å². The van der Waals surface area contributed by atoms with Crippen LogP contribution in [0.3, 0.4) is 0 Å². The minimum absolute atomic E-state index is 0.0958. The van der Waals surface area contributed by atoms with Crippen LogP contribution in [0, 0.1) is 10.1 Å². The van der Waals surface area contributed by atoms with Crippen LogP contribution in [0.5, 0.6) is 5.75 Å². The Bertz CT molecular complexity index is 399. The lowest BCUT2D eigenvalue weighted by molar-refractivity contribution is -0.384. The molecule has 1 aliphatic carbocycles. The summed E-state index contributed by atoms with van der Waals surface area (Å²) in [6.07, 6.45) is 3.40. The number of nitro groups is 1. The van der Waals surface area contributed by atoms with Crippen molar-refractivity contribution in [2.75, 3.05) is 6.54 Å². The molecule has 0 aromatic heterocycles. The van der Waals surface area contributed by atoms with Crippen LogP contribution in [0.1, 0.15) is 26.2 Å². The van der Waals surface area contributed by atoms with Crippen LogP contribution in [-0.4, -0.2) is 23.6 Å². The van der Waals surface area contributed by atoms with E-state index >= 15 is 0 Å². The molecule has 0 aliphatic heterocycles. The van der Waals surface area contributed by atoms with Crippen LogP contribution in [0.4, 0.5) is 5.69 Å². The van der Waals surface area contributed by atoms with E-state index in [2.05, 4.69) is 12.2 Å². The van der Waals surface area contributed by atoms with E-state index in [9.17, 15) is 10.1 Å². The minimum Gasteiger partial charge on any atom is -0.490 e. The number of nitrogens with one attached hydrogen (secondary N) is 1. The molecule has 0 bridgehead atoms. The second kappa shape index (κ2) is 5.82. The van der Waals surface area contributed by atoms with Crippen LogP contribution < -0.4 is 10.1 Å². The van der Waals surface area contributed by atoms with Crippen LogP contribution in [-0.2, 0) is 0 Å². The van der Waals surface area contributed by atoms with E-state index in [0.717, 1.165) is 25.8 Å². The average Bonchev–Trinajstić information content (AvgIpc) is 2.32. The van der Waals surface area contributed by atoms with E-state index in [1.54, 1.807) is 12.1 Å². The molecule has 98 valence electrons. The van der Waals surface area contributed by atoms with Crippen LogP contribution in [0.25, 0.3) is 0 Å². The molecule has 0 atom stereocenters. The Morgan fingerprint density at radius 1 is 1.39 bits per heavy atom. The fourth-order valence-corrected chi connectivity index (χ4v) is 2.02. The molecule has 0 radical (unpaired) electrons. The molecule has 0 unspecified atom stereocenters. The summed E-state index contributed by atoms with van der Waals surface area (Å²) in [6.45, 7) is 3.20. The fraction of sp³-hybridized carbons (Fsp3) is 0.538. The van der Waals surface area contributed by atoms with Crippen LogP contribution in [0.2, 0.25) is 0 Å². The number of non-ortho nitro benzene ring substituents is 1. The summed E-state index contributed by atoms with van der Waals surface area (Å²) >= 11 is 0. The number of hydrogen-bond acceptors (Lipinski definition) is 4. The first kappa shape index (κ1) is 12.8. The summed E-state index contributed by atoms with van der Waals surface area (Å²) in [5.74, 6) is 0.708. The van der Waals surface area contributed by atoms with Gasteiger partial charge in [-0.1, -0.05) is 6.92 Å². The van der Waals surface area contributed by atoms with Gasteiger partial charge < -0.3 is 10.1 Å². The molecule has 0 saturated heterocycles. The second-order valence-electron chi connectivity index (χ2n) is 4.61. The first-order valence-electron chi connectivity index (χ1n) is 6.33. The van der Waals surface area contributed by atoms with Gasteiger partial charge in [0.2, 0.25) is 0 Å². The second-order valence-corrected chi connectivity index (χ2v) is 4.61. The van der Waals surface area contributed by atoms with Crippen molar-refractivity contribution in [2.24, 2.45) is 0 Å². The van der Waals surface area contributed by atoms with Gasteiger partial charge in [0.15, 0.2) is 0 Å². The van der Waals surface area contributed by atoms with Gasteiger partial charge in [0.25, 0.3) is 5.69 Å². The average molecular weight is 250 g/mol. The zero-order chi connectivity index (χ0) is 13.0. The molecule has 0 spiro atoms. The first-order valence-corrected chi connectivity index (χ1v) is 6.33. The van der Waals surface area contributed by atoms with Crippen molar-refractivity contribution in [3.8, 4) is 5.75 Å². The lowest BCUT2D eigenvalue weighted by Crippen LogP contribution is -2.46. The van der Waals surface area contributed by atoms with Gasteiger partial charge in [-0.3, -0.25) is 10.1 Å². The predicted octanol–water partition coefficient (Wildman–Crippen LogP) is 2.50. The highest BCUT2D eigenvalue weighted by atomic mass is 16.6. The minimum atomic E-state index is -0.405. The van der Waals surface area contributed by atoms with Crippen LogP contribution >= 0.6 is 0 Å². The Kier molecular flexibility index (Phi) is 4.15. The molecule has 5 nitrogen and oxygen atoms in total. The molecule has 1 aromatic rings. The molecule has 1 aliphatic rings. The van der Waals surface area contributed by atoms with Gasteiger partial charge in [0.05, 0.1) is 4.92 Å². The normalized spacial score (nSPS) is 22.3. The van der Waals surface area contributed by atoms with Crippen molar-refractivity contribution in [3.63, 3.8) is 0 Å². The van der Waals surface area contributed by atoms with Crippen LogP contribution in [0.15, 0.2) is 24.3 Å². The molecule has 5 heteroatoms. The Morgan fingerprint density at radius 3 is 2.61 bits per heavy atom. The van der Waals surface area contributed by atoms with E-state index in [0.29, 0.717) is 11.8 Å². The lowest BCUT2D eigenvalue weighted by atomic mass is 9.89. The lowest BCUT2D eigenvalue weighted by Gasteiger charge is -2.36. The number of ether oxygens (including phenoxy) is 1. The molecule has 0 heterocycles. The van der Waals surface area contributed by atoms with Crippen molar-refractivity contribution in [1.82, 2.24) is 5.32 Å². The van der Waals surface area contributed by atoms with Gasteiger partial charge >= 0.3 is 0 Å². The van der Waals surface area contributed by atoms with Crippen molar-refractivity contribution in [1.29, 1.82) is 0 Å². The fourth-order valence-electron chi connectivity index (χ4n) is 2.02. The van der Waals surface area contributed by atoms with E-state index in [4.69, 9.17) is 4.74 Å². The Balaban J connectivity index is 1.76. The Morgan fingerprint density at radius 2 is 2.06 bits per heavy atom.